The fourth-order valence-electron chi connectivity index (χ4n) is 0.433. The molecule has 0 aromatic heterocycles. The molecule has 0 radical (unpaired) electrons. The molecule has 0 saturated carbocycles. The van der Waals surface area contributed by atoms with Gasteiger partial charge in [-0.1, -0.05) is 20.8 Å². The molecular weight excluding hydrogens is 88.1 g/mol. The van der Waals surface area contributed by atoms with Crippen molar-refractivity contribution in [2.24, 2.45) is 5.41 Å². The first-order valence-electron chi connectivity index (χ1n) is 2.55. The number of methoxy groups -OCH3 is 1. The predicted octanol–water partition coefficient (Wildman–Crippen LogP) is 1.68. The van der Waals surface area contributed by atoms with Crippen molar-refractivity contribution in [1.82, 2.24) is 0 Å². The van der Waals surface area contributed by atoms with Crippen LogP contribution >= 0.6 is 0 Å². The largest absolute Gasteiger partial charge is 0.384 e. The van der Waals surface area contributed by atoms with Crippen molar-refractivity contribution >= 4 is 0 Å². The van der Waals surface area contributed by atoms with E-state index >= 15 is 0 Å². The van der Waals surface area contributed by atoms with Crippen LogP contribution in [0.15, 0.2) is 0 Å². The van der Waals surface area contributed by atoms with E-state index in [0.717, 1.165) is 6.61 Å². The molecule has 0 aliphatic rings. The van der Waals surface area contributed by atoms with Gasteiger partial charge in [-0.25, -0.2) is 0 Å². The molecule has 7 heavy (non-hydrogen) atoms. The highest BCUT2D eigenvalue weighted by Gasteiger charge is 2.07. The van der Waals surface area contributed by atoms with Crippen LogP contribution in [-0.4, -0.2) is 13.7 Å². The summed E-state index contributed by atoms with van der Waals surface area (Å²) in [6.07, 6.45) is 0. The second-order valence-corrected chi connectivity index (χ2v) is 2.99. The molecule has 0 aliphatic heterocycles. The molecule has 0 saturated heterocycles. The van der Waals surface area contributed by atoms with Crippen molar-refractivity contribution < 1.29 is 4.74 Å². The Balaban J connectivity index is 3.15. The molecule has 0 spiro atoms. The maximum atomic E-state index is 4.91. The number of hydrogen-bond donors (Lipinski definition) is 0. The first-order valence-corrected chi connectivity index (χ1v) is 2.55. The second-order valence-electron chi connectivity index (χ2n) is 2.99. The fourth-order valence-corrected chi connectivity index (χ4v) is 0.433. The minimum absolute atomic E-state index is 0.328. The third kappa shape index (κ3) is 5.96. The Kier molecular flexibility index (Phi) is 2.30. The summed E-state index contributed by atoms with van der Waals surface area (Å²) in [5.41, 5.74) is 0.328. The molecule has 1 heteroatoms. The topological polar surface area (TPSA) is 9.23 Å². The first-order chi connectivity index (χ1) is 3.06. The minimum Gasteiger partial charge on any atom is -0.384 e. The molecule has 1 nitrogen and oxygen atoms in total. The zero-order valence-electron chi connectivity index (χ0n) is 5.62. The van der Waals surface area contributed by atoms with Gasteiger partial charge >= 0.3 is 0 Å². The van der Waals surface area contributed by atoms with Crippen molar-refractivity contribution in [3.8, 4) is 0 Å². The smallest absolute Gasteiger partial charge is 0.0510 e. The monoisotopic (exact) mass is 102 g/mol. The summed E-state index contributed by atoms with van der Waals surface area (Å²) in [6.45, 7) is 7.29. The average molecular weight is 102 g/mol. The molecule has 44 valence electrons. The highest BCUT2D eigenvalue weighted by Crippen LogP contribution is 2.11. The van der Waals surface area contributed by atoms with Gasteiger partial charge in [0.1, 0.15) is 0 Å². The minimum atomic E-state index is 0.328. The van der Waals surface area contributed by atoms with Crippen LogP contribution in [0.25, 0.3) is 0 Å². The van der Waals surface area contributed by atoms with Gasteiger partial charge in [0, 0.05) is 7.11 Å². The normalized spacial score (nSPS) is 12.0. The SMILES string of the molecule is COCC(C)(C)C. The van der Waals surface area contributed by atoms with E-state index in [1.807, 2.05) is 0 Å². The van der Waals surface area contributed by atoms with E-state index in [2.05, 4.69) is 20.8 Å². The zero-order chi connectivity index (χ0) is 5.91. The van der Waals surface area contributed by atoms with Crippen LogP contribution in [0.2, 0.25) is 0 Å². The van der Waals surface area contributed by atoms with Gasteiger partial charge in [-0.15, -0.1) is 0 Å². The van der Waals surface area contributed by atoms with Gasteiger partial charge in [0.2, 0.25) is 0 Å². The third-order valence-corrected chi connectivity index (χ3v) is 0.577. The summed E-state index contributed by atoms with van der Waals surface area (Å²) >= 11 is 0. The molecule has 0 aromatic rings. The van der Waals surface area contributed by atoms with Crippen molar-refractivity contribution in [1.29, 1.82) is 0 Å². The van der Waals surface area contributed by atoms with Crippen LogP contribution in [0.4, 0.5) is 0 Å². The molecule has 0 unspecified atom stereocenters. The molecule has 0 amide bonds. The van der Waals surface area contributed by atoms with Crippen LogP contribution in [0.3, 0.4) is 0 Å². The van der Waals surface area contributed by atoms with E-state index in [1.54, 1.807) is 7.11 Å². The summed E-state index contributed by atoms with van der Waals surface area (Å²) in [7, 11) is 1.73. The standard InChI is InChI=1S/C6H14O/c1-6(2,3)5-7-4/h5H2,1-4H3. The van der Waals surface area contributed by atoms with E-state index in [9.17, 15) is 0 Å². The lowest BCUT2D eigenvalue weighted by molar-refractivity contribution is 0.116. The lowest BCUT2D eigenvalue weighted by atomic mass is 9.99. The average Bonchev–Trinajstić information content (AvgIpc) is 1.30. The summed E-state index contributed by atoms with van der Waals surface area (Å²) in [6, 6.07) is 0. The molecule has 0 heterocycles. The van der Waals surface area contributed by atoms with Crippen molar-refractivity contribution in [3.63, 3.8) is 0 Å². The zero-order valence-corrected chi connectivity index (χ0v) is 5.62. The summed E-state index contributed by atoms with van der Waals surface area (Å²) in [4.78, 5) is 0. The van der Waals surface area contributed by atoms with Gasteiger partial charge in [-0.2, -0.15) is 0 Å². The maximum absolute atomic E-state index is 4.91. The molecular formula is C6H14O. The van der Waals surface area contributed by atoms with Crippen LogP contribution in [0.5, 0.6) is 0 Å². The molecule has 0 N–H and O–H groups in total. The molecule has 0 atom stereocenters. The van der Waals surface area contributed by atoms with Crippen LogP contribution in [-0.2, 0) is 4.74 Å². The number of rotatable bonds is 1. The van der Waals surface area contributed by atoms with E-state index < -0.39 is 0 Å². The van der Waals surface area contributed by atoms with Crippen molar-refractivity contribution in [3.05, 3.63) is 0 Å². The Morgan fingerprint density at radius 3 is 1.71 bits per heavy atom. The lowest BCUT2D eigenvalue weighted by Crippen LogP contribution is -2.12. The second kappa shape index (κ2) is 2.31. The lowest BCUT2D eigenvalue weighted by Gasteiger charge is -2.15. The van der Waals surface area contributed by atoms with E-state index in [0.29, 0.717) is 5.41 Å². The van der Waals surface area contributed by atoms with Gasteiger partial charge in [-0.05, 0) is 5.41 Å². The third-order valence-electron chi connectivity index (χ3n) is 0.577. The van der Waals surface area contributed by atoms with Gasteiger partial charge in [0.05, 0.1) is 6.61 Å². The Labute approximate surface area is 45.7 Å². The maximum Gasteiger partial charge on any atom is 0.0510 e. The van der Waals surface area contributed by atoms with Gasteiger partial charge < -0.3 is 4.74 Å². The molecule has 0 aliphatic carbocycles. The molecule has 0 rings (SSSR count). The molecule has 0 aromatic carbocycles. The Morgan fingerprint density at radius 1 is 1.29 bits per heavy atom. The van der Waals surface area contributed by atoms with Crippen molar-refractivity contribution in [2.45, 2.75) is 20.8 Å². The van der Waals surface area contributed by atoms with Crippen LogP contribution in [0, 0.1) is 5.41 Å². The van der Waals surface area contributed by atoms with E-state index in [4.69, 9.17) is 4.74 Å². The number of hydrogen-bond acceptors (Lipinski definition) is 1. The summed E-state index contributed by atoms with van der Waals surface area (Å²) < 4.78 is 4.91. The first kappa shape index (κ1) is 6.96. The predicted molar refractivity (Wildman–Crippen MR) is 31.3 cm³/mol. The van der Waals surface area contributed by atoms with Gasteiger partial charge in [-0.3, -0.25) is 0 Å². The fraction of sp³-hybridized carbons (Fsp3) is 1.00. The summed E-state index contributed by atoms with van der Waals surface area (Å²) in [5.74, 6) is 0. The van der Waals surface area contributed by atoms with E-state index in [-0.39, 0.29) is 0 Å². The quantitative estimate of drug-likeness (QED) is 0.489. The van der Waals surface area contributed by atoms with Crippen molar-refractivity contribution in [2.75, 3.05) is 13.7 Å². The van der Waals surface area contributed by atoms with Gasteiger partial charge in [0.15, 0.2) is 0 Å². The molecule has 0 bridgehead atoms. The van der Waals surface area contributed by atoms with Crippen LogP contribution in [0.1, 0.15) is 20.8 Å². The van der Waals surface area contributed by atoms with Gasteiger partial charge in [0.25, 0.3) is 0 Å². The summed E-state index contributed by atoms with van der Waals surface area (Å²) in [5, 5.41) is 0. The Bertz CT molecular complexity index is 42.6. The number of ether oxygens (including phenoxy) is 1. The molecule has 0 fully saturated rings. The Hall–Kier alpha value is -0.0400. The van der Waals surface area contributed by atoms with E-state index in [1.165, 1.54) is 0 Å². The highest BCUT2D eigenvalue weighted by molar-refractivity contribution is 4.57. The highest BCUT2D eigenvalue weighted by atomic mass is 16.5. The Morgan fingerprint density at radius 2 is 1.71 bits per heavy atom. The van der Waals surface area contributed by atoms with Crippen LogP contribution < -0.4 is 0 Å².